The van der Waals surface area contributed by atoms with Crippen LogP contribution in [0.1, 0.15) is 16.8 Å². The van der Waals surface area contributed by atoms with Crippen LogP contribution in [0.5, 0.6) is 0 Å². The predicted octanol–water partition coefficient (Wildman–Crippen LogP) is 2.70. The van der Waals surface area contributed by atoms with E-state index in [9.17, 15) is 10.1 Å². The SMILES string of the molecule is Cc1cc(C)c(C#N)c(SCC(=O)Nc2ccccn2)n1. The molecule has 0 aliphatic carbocycles. The van der Waals surface area contributed by atoms with Crippen molar-refractivity contribution in [3.63, 3.8) is 0 Å². The molecule has 2 heterocycles. The van der Waals surface area contributed by atoms with Crippen molar-refractivity contribution < 1.29 is 4.79 Å². The quantitative estimate of drug-likeness (QED) is 0.878. The summed E-state index contributed by atoms with van der Waals surface area (Å²) in [7, 11) is 0. The summed E-state index contributed by atoms with van der Waals surface area (Å²) in [6.07, 6.45) is 1.61. The summed E-state index contributed by atoms with van der Waals surface area (Å²) >= 11 is 1.25. The molecule has 2 rings (SSSR count). The lowest BCUT2D eigenvalue weighted by molar-refractivity contribution is -0.113. The van der Waals surface area contributed by atoms with E-state index in [-0.39, 0.29) is 11.7 Å². The minimum absolute atomic E-state index is 0.177. The highest BCUT2D eigenvalue weighted by molar-refractivity contribution is 8.00. The number of hydrogen-bond donors (Lipinski definition) is 1. The summed E-state index contributed by atoms with van der Waals surface area (Å²) in [6, 6.07) is 9.30. The highest BCUT2D eigenvalue weighted by atomic mass is 32.2. The summed E-state index contributed by atoms with van der Waals surface area (Å²) < 4.78 is 0. The molecule has 0 unspecified atom stereocenters. The smallest absolute Gasteiger partial charge is 0.235 e. The normalized spacial score (nSPS) is 9.95. The van der Waals surface area contributed by atoms with Gasteiger partial charge in [-0.05, 0) is 37.6 Å². The van der Waals surface area contributed by atoms with E-state index in [1.165, 1.54) is 11.8 Å². The first-order chi connectivity index (χ1) is 10.1. The van der Waals surface area contributed by atoms with Crippen LogP contribution < -0.4 is 5.32 Å². The fraction of sp³-hybridized carbons (Fsp3) is 0.200. The average Bonchev–Trinajstić information content (AvgIpc) is 2.45. The van der Waals surface area contributed by atoms with E-state index >= 15 is 0 Å². The Morgan fingerprint density at radius 2 is 2.24 bits per heavy atom. The Balaban J connectivity index is 2.03. The number of rotatable bonds is 4. The number of aromatic nitrogens is 2. The third kappa shape index (κ3) is 4.04. The molecule has 0 saturated heterocycles. The van der Waals surface area contributed by atoms with Gasteiger partial charge in [-0.3, -0.25) is 4.79 Å². The zero-order valence-electron chi connectivity index (χ0n) is 11.8. The number of pyridine rings is 2. The third-order valence-electron chi connectivity index (χ3n) is 2.70. The molecule has 1 N–H and O–H groups in total. The number of amides is 1. The minimum Gasteiger partial charge on any atom is -0.310 e. The van der Waals surface area contributed by atoms with Crippen molar-refractivity contribution in [2.75, 3.05) is 11.1 Å². The fourth-order valence-corrected chi connectivity index (χ4v) is 2.69. The second-order valence-electron chi connectivity index (χ2n) is 4.42. The van der Waals surface area contributed by atoms with Crippen LogP contribution in [0.15, 0.2) is 35.5 Å². The lowest BCUT2D eigenvalue weighted by Crippen LogP contribution is -2.15. The van der Waals surface area contributed by atoms with Gasteiger partial charge in [-0.1, -0.05) is 17.8 Å². The van der Waals surface area contributed by atoms with Gasteiger partial charge in [-0.15, -0.1) is 0 Å². The van der Waals surface area contributed by atoms with E-state index in [1.54, 1.807) is 24.4 Å². The molecule has 0 bridgehead atoms. The van der Waals surface area contributed by atoms with Gasteiger partial charge in [0.1, 0.15) is 16.9 Å². The highest BCUT2D eigenvalue weighted by Gasteiger charge is 2.11. The Morgan fingerprint density at radius 3 is 2.90 bits per heavy atom. The topological polar surface area (TPSA) is 78.7 Å². The maximum absolute atomic E-state index is 11.9. The van der Waals surface area contributed by atoms with Crippen LogP contribution in [-0.2, 0) is 4.79 Å². The molecule has 0 fully saturated rings. The Kier molecular flexibility index (Phi) is 4.90. The predicted molar refractivity (Wildman–Crippen MR) is 82.0 cm³/mol. The summed E-state index contributed by atoms with van der Waals surface area (Å²) in [5.41, 5.74) is 2.23. The highest BCUT2D eigenvalue weighted by Crippen LogP contribution is 2.23. The Morgan fingerprint density at radius 1 is 1.43 bits per heavy atom. The summed E-state index contributed by atoms with van der Waals surface area (Å²) in [6.45, 7) is 3.73. The van der Waals surface area contributed by atoms with Crippen molar-refractivity contribution in [2.45, 2.75) is 18.9 Å². The summed E-state index contributed by atoms with van der Waals surface area (Å²) in [4.78, 5) is 20.2. The molecule has 2 aromatic heterocycles. The molecule has 0 saturated carbocycles. The number of carbonyl (C=O) groups excluding carboxylic acids is 1. The van der Waals surface area contributed by atoms with E-state index in [0.29, 0.717) is 16.4 Å². The van der Waals surface area contributed by atoms with Gasteiger partial charge in [0.05, 0.1) is 11.3 Å². The molecule has 1 amide bonds. The summed E-state index contributed by atoms with van der Waals surface area (Å²) in [5, 5.41) is 12.5. The van der Waals surface area contributed by atoms with Crippen LogP contribution >= 0.6 is 11.8 Å². The van der Waals surface area contributed by atoms with E-state index in [1.807, 2.05) is 19.9 Å². The van der Waals surface area contributed by atoms with Gasteiger partial charge in [0, 0.05) is 11.9 Å². The summed E-state index contributed by atoms with van der Waals surface area (Å²) in [5.74, 6) is 0.516. The molecule has 0 radical (unpaired) electrons. The van der Waals surface area contributed by atoms with Gasteiger partial charge in [-0.2, -0.15) is 5.26 Å². The molecule has 0 aliphatic rings. The Bertz CT molecular complexity index is 695. The first kappa shape index (κ1) is 15.0. The van der Waals surface area contributed by atoms with Crippen LogP contribution in [0.4, 0.5) is 5.82 Å². The van der Waals surface area contributed by atoms with Crippen molar-refractivity contribution in [1.82, 2.24) is 9.97 Å². The zero-order chi connectivity index (χ0) is 15.2. The van der Waals surface area contributed by atoms with Gasteiger partial charge < -0.3 is 5.32 Å². The second-order valence-corrected chi connectivity index (χ2v) is 5.39. The molecule has 5 nitrogen and oxygen atoms in total. The van der Waals surface area contributed by atoms with Gasteiger partial charge >= 0.3 is 0 Å². The number of nitrogens with one attached hydrogen (secondary N) is 1. The van der Waals surface area contributed by atoms with E-state index in [2.05, 4.69) is 21.4 Å². The monoisotopic (exact) mass is 298 g/mol. The number of nitrogens with zero attached hydrogens (tertiary/aromatic N) is 3. The molecule has 0 aromatic carbocycles. The van der Waals surface area contributed by atoms with Crippen molar-refractivity contribution >= 4 is 23.5 Å². The molecule has 0 atom stereocenters. The van der Waals surface area contributed by atoms with Crippen LogP contribution in [0.2, 0.25) is 0 Å². The van der Waals surface area contributed by atoms with Crippen molar-refractivity contribution in [1.29, 1.82) is 5.26 Å². The minimum atomic E-state index is -0.177. The fourth-order valence-electron chi connectivity index (χ4n) is 1.79. The first-order valence-corrected chi connectivity index (χ1v) is 7.30. The van der Waals surface area contributed by atoms with Crippen molar-refractivity contribution in [2.24, 2.45) is 0 Å². The lowest BCUT2D eigenvalue weighted by atomic mass is 10.1. The molecular weight excluding hydrogens is 284 g/mol. The van der Waals surface area contributed by atoms with E-state index in [0.717, 1.165) is 11.3 Å². The van der Waals surface area contributed by atoms with Gasteiger partial charge in [0.2, 0.25) is 5.91 Å². The van der Waals surface area contributed by atoms with E-state index in [4.69, 9.17) is 0 Å². The lowest BCUT2D eigenvalue weighted by Gasteiger charge is -2.07. The van der Waals surface area contributed by atoms with Crippen LogP contribution in [0.25, 0.3) is 0 Å². The van der Waals surface area contributed by atoms with Gasteiger partial charge in [0.25, 0.3) is 0 Å². The number of hydrogen-bond acceptors (Lipinski definition) is 5. The van der Waals surface area contributed by atoms with E-state index < -0.39 is 0 Å². The maximum Gasteiger partial charge on any atom is 0.235 e. The number of carbonyl (C=O) groups is 1. The zero-order valence-corrected chi connectivity index (χ0v) is 12.6. The standard InChI is InChI=1S/C15H14N4OS/c1-10-7-11(2)18-15(12(10)8-16)21-9-14(20)19-13-5-3-4-6-17-13/h3-7H,9H2,1-2H3,(H,17,19,20). The van der Waals surface area contributed by atoms with Gasteiger partial charge in [0.15, 0.2) is 0 Å². The number of aryl methyl sites for hydroxylation is 2. The van der Waals surface area contributed by atoms with Crippen molar-refractivity contribution in [3.8, 4) is 6.07 Å². The number of thioether (sulfide) groups is 1. The Hall–Kier alpha value is -2.39. The molecule has 2 aromatic rings. The number of anilines is 1. The molecular formula is C15H14N4OS. The largest absolute Gasteiger partial charge is 0.310 e. The average molecular weight is 298 g/mol. The third-order valence-corrected chi connectivity index (χ3v) is 3.67. The van der Waals surface area contributed by atoms with Crippen LogP contribution in [-0.4, -0.2) is 21.6 Å². The Labute approximate surface area is 127 Å². The molecule has 21 heavy (non-hydrogen) atoms. The number of nitriles is 1. The second kappa shape index (κ2) is 6.86. The molecule has 0 spiro atoms. The van der Waals surface area contributed by atoms with Crippen LogP contribution in [0.3, 0.4) is 0 Å². The van der Waals surface area contributed by atoms with Crippen LogP contribution in [0, 0.1) is 25.2 Å². The van der Waals surface area contributed by atoms with Gasteiger partial charge in [-0.25, -0.2) is 9.97 Å². The maximum atomic E-state index is 11.9. The van der Waals surface area contributed by atoms with Crippen molar-refractivity contribution in [3.05, 3.63) is 47.3 Å². The first-order valence-electron chi connectivity index (χ1n) is 6.32. The molecule has 106 valence electrons. The molecule has 6 heteroatoms. The molecule has 0 aliphatic heterocycles.